The van der Waals surface area contributed by atoms with Crippen LogP contribution in [-0.4, -0.2) is 37.2 Å². The Hall–Kier alpha value is -1.13. The van der Waals surface area contributed by atoms with Crippen LogP contribution in [0, 0.1) is 5.82 Å². The van der Waals surface area contributed by atoms with Crippen molar-refractivity contribution in [2.24, 2.45) is 0 Å². The molecule has 0 amide bonds. The summed E-state index contributed by atoms with van der Waals surface area (Å²) in [4.78, 5) is 2.55. The van der Waals surface area contributed by atoms with Crippen LogP contribution in [0.25, 0.3) is 0 Å². The number of piperidine rings is 2. The molecule has 0 aliphatic carbocycles. The maximum Gasteiger partial charge on any atom is 0.131 e. The molecule has 2 bridgehead atoms. The van der Waals surface area contributed by atoms with Crippen LogP contribution < -0.4 is 10.1 Å². The summed E-state index contributed by atoms with van der Waals surface area (Å²) >= 11 is 0. The monoisotopic (exact) mass is 292 g/mol. The largest absolute Gasteiger partial charge is 0.497 e. The number of nitrogens with zero attached hydrogens (tertiary/aromatic N) is 1. The first-order valence-electron chi connectivity index (χ1n) is 7.95. The van der Waals surface area contributed by atoms with E-state index in [0.29, 0.717) is 30.4 Å². The average Bonchev–Trinajstić information content (AvgIpc) is 2.46. The smallest absolute Gasteiger partial charge is 0.131 e. The predicted molar refractivity (Wildman–Crippen MR) is 82.0 cm³/mol. The topological polar surface area (TPSA) is 24.5 Å². The molecule has 0 radical (unpaired) electrons. The molecule has 2 unspecified atom stereocenters. The average molecular weight is 292 g/mol. The van der Waals surface area contributed by atoms with Gasteiger partial charge in [-0.2, -0.15) is 0 Å². The molecule has 2 saturated heterocycles. The maximum atomic E-state index is 14.0. The zero-order chi connectivity index (χ0) is 14.8. The van der Waals surface area contributed by atoms with Crippen LogP contribution in [0.5, 0.6) is 5.75 Å². The molecule has 2 aliphatic rings. The lowest BCUT2D eigenvalue weighted by Gasteiger charge is -2.47. The highest BCUT2D eigenvalue weighted by Crippen LogP contribution is 2.32. The molecule has 2 aliphatic heterocycles. The quantitative estimate of drug-likeness (QED) is 0.923. The summed E-state index contributed by atoms with van der Waals surface area (Å²) in [5.41, 5.74) is 0.722. The van der Waals surface area contributed by atoms with Crippen LogP contribution in [0.2, 0.25) is 0 Å². The minimum atomic E-state index is -0.185. The fourth-order valence-corrected chi connectivity index (χ4v) is 3.84. The summed E-state index contributed by atoms with van der Waals surface area (Å²) < 4.78 is 19.0. The summed E-state index contributed by atoms with van der Waals surface area (Å²) in [5, 5.41) is 3.56. The van der Waals surface area contributed by atoms with E-state index in [-0.39, 0.29) is 5.82 Å². The van der Waals surface area contributed by atoms with Crippen molar-refractivity contribution in [3.8, 4) is 5.75 Å². The normalized spacial score (nSPS) is 29.4. The number of hydrogen-bond donors (Lipinski definition) is 1. The number of ether oxygens (including phenoxy) is 1. The zero-order valence-corrected chi connectivity index (χ0v) is 12.9. The van der Waals surface area contributed by atoms with E-state index in [1.807, 2.05) is 12.1 Å². The fraction of sp³-hybridized carbons (Fsp3) is 0.647. The van der Waals surface area contributed by atoms with Gasteiger partial charge in [-0.25, -0.2) is 4.39 Å². The predicted octanol–water partition coefficient (Wildman–Crippen LogP) is 2.94. The van der Waals surface area contributed by atoms with Gasteiger partial charge in [-0.3, -0.25) is 0 Å². The highest BCUT2D eigenvalue weighted by atomic mass is 19.1. The summed E-state index contributed by atoms with van der Waals surface area (Å²) in [6.07, 6.45) is 6.35. The summed E-state index contributed by atoms with van der Waals surface area (Å²) in [6.45, 7) is 0.601. The maximum absolute atomic E-state index is 14.0. The van der Waals surface area contributed by atoms with Crippen molar-refractivity contribution in [3.63, 3.8) is 0 Å². The van der Waals surface area contributed by atoms with Crippen molar-refractivity contribution in [3.05, 3.63) is 29.6 Å². The molecule has 2 atom stereocenters. The van der Waals surface area contributed by atoms with Crippen LogP contribution in [0.4, 0.5) is 4.39 Å². The first-order valence-corrected chi connectivity index (χ1v) is 7.95. The van der Waals surface area contributed by atoms with Gasteiger partial charge >= 0.3 is 0 Å². The van der Waals surface area contributed by atoms with Gasteiger partial charge in [0.25, 0.3) is 0 Å². The fourth-order valence-electron chi connectivity index (χ4n) is 3.84. The van der Waals surface area contributed by atoms with Gasteiger partial charge in [0.05, 0.1) is 7.11 Å². The van der Waals surface area contributed by atoms with Crippen molar-refractivity contribution in [2.75, 3.05) is 14.2 Å². The minimum absolute atomic E-state index is 0.185. The SMILES string of the molecule is COc1ccc(CNC2CC3CCCC(C2)N3C)c(F)c1. The molecule has 1 N–H and O–H groups in total. The minimum Gasteiger partial charge on any atom is -0.497 e. The van der Waals surface area contributed by atoms with Gasteiger partial charge in [-0.05, 0) is 38.8 Å². The Labute approximate surface area is 126 Å². The Morgan fingerprint density at radius 3 is 2.62 bits per heavy atom. The Kier molecular flexibility index (Phi) is 4.45. The highest BCUT2D eigenvalue weighted by molar-refractivity contribution is 5.28. The van der Waals surface area contributed by atoms with E-state index in [0.717, 1.165) is 5.56 Å². The highest BCUT2D eigenvalue weighted by Gasteiger charge is 2.35. The van der Waals surface area contributed by atoms with Gasteiger partial charge in [-0.15, -0.1) is 0 Å². The standard InChI is InChI=1S/C17H25FN2O/c1-20-14-4-3-5-15(20)9-13(8-14)19-11-12-6-7-16(21-2)10-17(12)18/h6-7,10,13-15,19H,3-5,8-9,11H2,1-2H3. The molecule has 0 spiro atoms. The molecular formula is C17H25FN2O. The van der Waals surface area contributed by atoms with Crippen LogP contribution in [0.15, 0.2) is 18.2 Å². The molecule has 2 fully saturated rings. The summed E-state index contributed by atoms with van der Waals surface area (Å²) in [6, 6.07) is 7.02. The number of nitrogens with one attached hydrogen (secondary N) is 1. The van der Waals surface area contributed by atoms with Gasteiger partial charge in [0, 0.05) is 36.3 Å². The van der Waals surface area contributed by atoms with Gasteiger partial charge in [-0.1, -0.05) is 12.5 Å². The van der Waals surface area contributed by atoms with Gasteiger partial charge in [0.1, 0.15) is 11.6 Å². The first kappa shape index (κ1) is 14.8. The van der Waals surface area contributed by atoms with Crippen molar-refractivity contribution < 1.29 is 9.13 Å². The molecular weight excluding hydrogens is 267 g/mol. The number of methoxy groups -OCH3 is 1. The number of fused-ring (bicyclic) bond motifs is 2. The molecule has 3 rings (SSSR count). The van der Waals surface area contributed by atoms with Crippen LogP contribution in [-0.2, 0) is 6.54 Å². The Bertz CT molecular complexity index is 480. The molecule has 21 heavy (non-hydrogen) atoms. The van der Waals surface area contributed by atoms with Gasteiger partial charge in [0.2, 0.25) is 0 Å². The Morgan fingerprint density at radius 2 is 2.00 bits per heavy atom. The van der Waals surface area contributed by atoms with Crippen LogP contribution >= 0.6 is 0 Å². The third kappa shape index (κ3) is 3.22. The van der Waals surface area contributed by atoms with Crippen molar-refractivity contribution in [1.82, 2.24) is 10.2 Å². The van der Waals surface area contributed by atoms with E-state index in [4.69, 9.17) is 4.74 Å². The molecule has 3 nitrogen and oxygen atoms in total. The molecule has 0 saturated carbocycles. The number of hydrogen-bond acceptors (Lipinski definition) is 3. The number of benzene rings is 1. The zero-order valence-electron chi connectivity index (χ0n) is 12.9. The number of halogens is 1. The van der Waals surface area contributed by atoms with Gasteiger partial charge in [0.15, 0.2) is 0 Å². The van der Waals surface area contributed by atoms with E-state index in [9.17, 15) is 4.39 Å². The summed E-state index contributed by atoms with van der Waals surface area (Å²) in [5.74, 6) is 0.389. The second-order valence-electron chi connectivity index (χ2n) is 6.41. The van der Waals surface area contributed by atoms with E-state index >= 15 is 0 Å². The van der Waals surface area contributed by atoms with Crippen molar-refractivity contribution in [1.29, 1.82) is 0 Å². The molecule has 4 heteroatoms. The molecule has 0 aromatic heterocycles. The van der Waals surface area contributed by atoms with Crippen molar-refractivity contribution in [2.45, 2.75) is 56.8 Å². The second kappa shape index (κ2) is 6.32. The Balaban J connectivity index is 1.58. The molecule has 116 valence electrons. The van der Waals surface area contributed by atoms with Gasteiger partial charge < -0.3 is 15.0 Å². The molecule has 1 aromatic rings. The van der Waals surface area contributed by atoms with Crippen LogP contribution in [0.1, 0.15) is 37.7 Å². The Morgan fingerprint density at radius 1 is 1.29 bits per heavy atom. The molecule has 2 heterocycles. The lowest BCUT2D eigenvalue weighted by atomic mass is 9.82. The molecule has 1 aromatic carbocycles. The summed E-state index contributed by atoms with van der Waals surface area (Å²) in [7, 11) is 3.82. The third-order valence-corrected chi connectivity index (χ3v) is 5.18. The van der Waals surface area contributed by atoms with Crippen molar-refractivity contribution >= 4 is 0 Å². The number of rotatable bonds is 4. The van der Waals surface area contributed by atoms with Crippen LogP contribution in [0.3, 0.4) is 0 Å². The van der Waals surface area contributed by atoms with E-state index in [1.165, 1.54) is 38.2 Å². The van der Waals surface area contributed by atoms with E-state index < -0.39 is 0 Å². The lowest BCUT2D eigenvalue weighted by Crippen LogP contribution is -2.54. The first-order chi connectivity index (χ1) is 10.2. The van der Waals surface area contributed by atoms with E-state index in [2.05, 4.69) is 17.3 Å². The second-order valence-corrected chi connectivity index (χ2v) is 6.41. The third-order valence-electron chi connectivity index (χ3n) is 5.18. The van der Waals surface area contributed by atoms with E-state index in [1.54, 1.807) is 7.11 Å². The lowest BCUT2D eigenvalue weighted by molar-refractivity contribution is 0.0482.